The highest BCUT2D eigenvalue weighted by molar-refractivity contribution is 5.92. The Kier molecular flexibility index (Phi) is 5.66. The lowest BCUT2D eigenvalue weighted by molar-refractivity contribution is -0.133. The number of allylic oxidation sites excluding steroid dienone is 6. The highest BCUT2D eigenvalue weighted by atomic mass is 16.2. The van der Waals surface area contributed by atoms with Gasteiger partial charge in [-0.2, -0.15) is 0 Å². The van der Waals surface area contributed by atoms with Gasteiger partial charge in [0.05, 0.1) is 23.0 Å². The second-order valence-corrected chi connectivity index (χ2v) is 8.80. The second kappa shape index (κ2) is 8.75. The Labute approximate surface area is 189 Å². The van der Waals surface area contributed by atoms with Crippen molar-refractivity contribution in [3.05, 3.63) is 91.0 Å². The summed E-state index contributed by atoms with van der Waals surface area (Å²) in [7, 11) is 0. The second-order valence-electron chi connectivity index (χ2n) is 8.80. The number of hydrogen-bond donors (Lipinski definition) is 0. The highest BCUT2D eigenvalue weighted by Crippen LogP contribution is 2.41. The molecule has 1 amide bonds. The van der Waals surface area contributed by atoms with Crippen molar-refractivity contribution in [1.82, 2.24) is 19.4 Å². The number of likely N-dealkylation sites (tertiary alicyclic amines) is 1. The van der Waals surface area contributed by atoms with Crippen molar-refractivity contribution >= 4 is 16.9 Å². The first kappa shape index (κ1) is 20.7. The molecule has 1 atom stereocenters. The van der Waals surface area contributed by atoms with Gasteiger partial charge in [0.2, 0.25) is 5.91 Å². The summed E-state index contributed by atoms with van der Waals surface area (Å²) in [5, 5.41) is 0. The lowest BCUT2D eigenvalue weighted by atomic mass is 9.82. The molecule has 0 N–H and O–H groups in total. The lowest BCUT2D eigenvalue weighted by Crippen LogP contribution is -2.35. The van der Waals surface area contributed by atoms with Crippen molar-refractivity contribution in [2.24, 2.45) is 5.41 Å². The Morgan fingerprint density at radius 2 is 1.97 bits per heavy atom. The number of carbonyl (C=O) groups excluding carboxylic acids is 1. The zero-order valence-electron chi connectivity index (χ0n) is 18.5. The van der Waals surface area contributed by atoms with Crippen molar-refractivity contribution in [2.45, 2.75) is 32.4 Å². The molecule has 5 rings (SSSR count). The molecule has 1 saturated heterocycles. The third-order valence-electron chi connectivity index (χ3n) is 6.73. The van der Waals surface area contributed by atoms with E-state index in [0.29, 0.717) is 13.0 Å². The lowest BCUT2D eigenvalue weighted by Gasteiger charge is -2.26. The molecule has 1 aliphatic carbocycles. The van der Waals surface area contributed by atoms with Crippen molar-refractivity contribution in [2.75, 3.05) is 19.6 Å². The van der Waals surface area contributed by atoms with Crippen LogP contribution in [0, 0.1) is 5.41 Å². The van der Waals surface area contributed by atoms with Gasteiger partial charge in [-0.3, -0.25) is 4.79 Å². The van der Waals surface area contributed by atoms with Gasteiger partial charge in [-0.1, -0.05) is 55.2 Å². The van der Waals surface area contributed by atoms with Gasteiger partial charge >= 0.3 is 0 Å². The molecule has 1 unspecified atom stereocenters. The Balaban J connectivity index is 1.47. The molecule has 2 aromatic rings. The molecule has 0 radical (unpaired) electrons. The topological polar surface area (TPSA) is 41.4 Å². The summed E-state index contributed by atoms with van der Waals surface area (Å²) in [5.74, 6) is 1.05. The van der Waals surface area contributed by atoms with E-state index in [-0.39, 0.29) is 5.91 Å². The van der Waals surface area contributed by atoms with Crippen LogP contribution in [-0.4, -0.2) is 44.9 Å². The maximum absolute atomic E-state index is 13.6. The van der Waals surface area contributed by atoms with Crippen molar-refractivity contribution in [3.8, 4) is 0 Å². The average Bonchev–Trinajstić information content (AvgIpc) is 3.51. The van der Waals surface area contributed by atoms with Gasteiger partial charge in [-0.15, -0.1) is 0 Å². The van der Waals surface area contributed by atoms with E-state index >= 15 is 0 Å². The van der Waals surface area contributed by atoms with E-state index in [4.69, 9.17) is 4.98 Å². The normalized spacial score (nSPS) is 23.3. The summed E-state index contributed by atoms with van der Waals surface area (Å²) in [6.45, 7) is 8.50. The molecule has 32 heavy (non-hydrogen) atoms. The minimum atomic E-state index is -0.595. The van der Waals surface area contributed by atoms with Crippen LogP contribution in [0.1, 0.15) is 25.1 Å². The average molecular weight is 427 g/mol. The molecule has 1 aromatic heterocycles. The molecule has 0 bridgehead atoms. The van der Waals surface area contributed by atoms with Crippen LogP contribution in [0.3, 0.4) is 0 Å². The zero-order valence-corrected chi connectivity index (χ0v) is 18.5. The van der Waals surface area contributed by atoms with Crippen molar-refractivity contribution < 1.29 is 4.79 Å². The predicted molar refractivity (Wildman–Crippen MR) is 129 cm³/mol. The maximum atomic E-state index is 13.6. The maximum Gasteiger partial charge on any atom is 0.241 e. The number of hydrogen-bond acceptors (Lipinski definition) is 3. The van der Waals surface area contributed by atoms with E-state index in [1.807, 2.05) is 41.3 Å². The third-order valence-corrected chi connectivity index (χ3v) is 6.73. The van der Waals surface area contributed by atoms with E-state index in [0.717, 1.165) is 35.6 Å². The van der Waals surface area contributed by atoms with Crippen LogP contribution in [-0.2, 0) is 17.9 Å². The van der Waals surface area contributed by atoms with Crippen LogP contribution >= 0.6 is 0 Å². The first-order valence-corrected chi connectivity index (χ1v) is 11.5. The van der Waals surface area contributed by atoms with Gasteiger partial charge in [0.15, 0.2) is 0 Å². The van der Waals surface area contributed by atoms with Crippen LogP contribution in [0.5, 0.6) is 0 Å². The van der Waals surface area contributed by atoms with Crippen LogP contribution in [0.25, 0.3) is 11.0 Å². The largest absolute Gasteiger partial charge is 0.325 e. The molecule has 3 heterocycles. The molecule has 5 heteroatoms. The van der Waals surface area contributed by atoms with Gasteiger partial charge in [0.1, 0.15) is 5.82 Å². The van der Waals surface area contributed by atoms with Crippen molar-refractivity contribution in [3.63, 3.8) is 0 Å². The Morgan fingerprint density at radius 3 is 2.75 bits per heavy atom. The number of para-hydroxylation sites is 2. The molecule has 164 valence electrons. The summed E-state index contributed by atoms with van der Waals surface area (Å²) >= 11 is 0. The third kappa shape index (κ3) is 3.78. The van der Waals surface area contributed by atoms with E-state index in [2.05, 4.69) is 46.4 Å². The fourth-order valence-electron chi connectivity index (χ4n) is 5.03. The molecule has 2 aliphatic heterocycles. The molecule has 1 spiro atoms. The summed E-state index contributed by atoms with van der Waals surface area (Å²) in [6.07, 6.45) is 19.0. The van der Waals surface area contributed by atoms with Gasteiger partial charge in [0, 0.05) is 18.8 Å². The number of rotatable bonds is 7. The first-order valence-electron chi connectivity index (χ1n) is 11.5. The molecular weight excluding hydrogens is 396 g/mol. The van der Waals surface area contributed by atoms with Gasteiger partial charge in [-0.25, -0.2) is 4.98 Å². The fourth-order valence-corrected chi connectivity index (χ4v) is 5.03. The number of aromatic nitrogens is 2. The van der Waals surface area contributed by atoms with Crippen LogP contribution in [0.2, 0.25) is 0 Å². The quantitative estimate of drug-likeness (QED) is 0.608. The highest BCUT2D eigenvalue weighted by Gasteiger charge is 2.44. The summed E-state index contributed by atoms with van der Waals surface area (Å²) < 4.78 is 2.30. The molecule has 3 aliphatic rings. The Bertz CT molecular complexity index is 1150. The number of nitrogens with zero attached hydrogens (tertiary/aromatic N) is 4. The SMILES string of the molecule is C=C/C=C\C1=CC2(C=CC=CC2)C(=O)N1Cc1nc2ccccc2n1CCN1CCCC1. The standard InChI is InChI=1S/C27H30N4O/c1-2-3-11-22-20-27(14-7-4-8-15-27)26(32)31(22)21-25-28-23-12-5-6-13-24(23)30(25)19-18-29-16-9-10-17-29/h2-8,11-14,20H,1,9-10,15-19,21H2/b11-3-. The van der Waals surface area contributed by atoms with Gasteiger partial charge < -0.3 is 14.4 Å². The number of carbonyl (C=O) groups is 1. The number of imidazole rings is 1. The molecule has 5 nitrogen and oxygen atoms in total. The number of fused-ring (bicyclic) bond motifs is 1. The zero-order chi connectivity index (χ0) is 22.0. The smallest absolute Gasteiger partial charge is 0.241 e. The van der Waals surface area contributed by atoms with Gasteiger partial charge in [-0.05, 0) is 56.6 Å². The number of benzene rings is 1. The van der Waals surface area contributed by atoms with Crippen molar-refractivity contribution in [1.29, 1.82) is 0 Å². The molecular formula is C27H30N4O. The van der Waals surface area contributed by atoms with E-state index < -0.39 is 5.41 Å². The van der Waals surface area contributed by atoms with E-state index in [9.17, 15) is 4.79 Å². The monoisotopic (exact) mass is 426 g/mol. The minimum absolute atomic E-state index is 0.111. The van der Waals surface area contributed by atoms with Crippen LogP contribution < -0.4 is 0 Å². The van der Waals surface area contributed by atoms with E-state index in [1.165, 1.54) is 25.9 Å². The molecule has 1 aromatic carbocycles. The first-order chi connectivity index (χ1) is 15.7. The van der Waals surface area contributed by atoms with Gasteiger partial charge in [0.25, 0.3) is 0 Å². The predicted octanol–water partition coefficient (Wildman–Crippen LogP) is 4.60. The van der Waals surface area contributed by atoms with Crippen LogP contribution in [0.15, 0.2) is 85.1 Å². The number of amides is 1. The summed E-state index contributed by atoms with van der Waals surface area (Å²) in [6, 6.07) is 8.28. The Morgan fingerprint density at radius 1 is 1.12 bits per heavy atom. The Hall–Kier alpha value is -3.18. The minimum Gasteiger partial charge on any atom is -0.325 e. The molecule has 1 fully saturated rings. The molecule has 0 saturated carbocycles. The fraction of sp³-hybridized carbons (Fsp3) is 0.333. The summed E-state index contributed by atoms with van der Waals surface area (Å²) in [4.78, 5) is 23.0. The summed E-state index contributed by atoms with van der Waals surface area (Å²) in [5.41, 5.74) is 2.43. The van der Waals surface area contributed by atoms with Crippen LogP contribution in [0.4, 0.5) is 0 Å². The van der Waals surface area contributed by atoms with E-state index in [1.54, 1.807) is 6.08 Å².